The van der Waals surface area contributed by atoms with Crippen LogP contribution in [0.5, 0.6) is 0 Å². The average Bonchev–Trinajstić information content (AvgIpc) is 2.97. The fourth-order valence-corrected chi connectivity index (χ4v) is 2.24. The summed E-state index contributed by atoms with van der Waals surface area (Å²) in [6.07, 6.45) is 1.39. The third-order valence-electron chi connectivity index (χ3n) is 3.58. The first kappa shape index (κ1) is 16.6. The third-order valence-corrected chi connectivity index (χ3v) is 3.58. The Morgan fingerprint density at radius 3 is 2.64 bits per heavy atom. The lowest BCUT2D eigenvalue weighted by atomic mass is 10.1. The number of fused-ring (bicyclic) bond motifs is 1. The van der Waals surface area contributed by atoms with E-state index in [9.17, 15) is 14.0 Å². The van der Waals surface area contributed by atoms with Crippen molar-refractivity contribution in [1.82, 2.24) is 4.98 Å². The lowest BCUT2D eigenvalue weighted by Crippen LogP contribution is -2.32. The van der Waals surface area contributed by atoms with E-state index >= 15 is 0 Å². The van der Waals surface area contributed by atoms with Crippen LogP contribution in [-0.2, 0) is 4.79 Å². The molecule has 6 nitrogen and oxygen atoms in total. The molecule has 0 fully saturated rings. The van der Waals surface area contributed by atoms with Crippen LogP contribution < -0.4 is 5.32 Å². The number of aromatic nitrogens is 1. The molecule has 2 aromatic heterocycles. The highest BCUT2D eigenvalue weighted by atomic mass is 19.1. The quantitative estimate of drug-likeness (QED) is 0.750. The molecule has 0 aliphatic carbocycles. The fraction of sp³-hybridized carbons (Fsp3) is 0.167. The third kappa shape index (κ3) is 3.50. The average molecular weight is 342 g/mol. The molecular weight excluding hydrogens is 327 g/mol. The van der Waals surface area contributed by atoms with Crippen molar-refractivity contribution < 1.29 is 23.5 Å². The van der Waals surface area contributed by atoms with E-state index in [1.807, 2.05) is 0 Å². The second-order valence-corrected chi connectivity index (χ2v) is 6.02. The molecule has 0 radical (unpaired) electrons. The number of halogens is 1. The highest BCUT2D eigenvalue weighted by Gasteiger charge is 2.26. The number of carboxylic acids is 1. The lowest BCUT2D eigenvalue weighted by Gasteiger charge is -2.13. The molecule has 0 bridgehead atoms. The van der Waals surface area contributed by atoms with E-state index in [0.29, 0.717) is 28.0 Å². The summed E-state index contributed by atoms with van der Waals surface area (Å²) in [6.45, 7) is 2.36. The predicted octanol–water partition coefficient (Wildman–Crippen LogP) is 3.88. The Morgan fingerprint density at radius 2 is 1.96 bits per heavy atom. The molecule has 0 aliphatic rings. The van der Waals surface area contributed by atoms with Gasteiger partial charge in [-0.1, -0.05) is 0 Å². The summed E-state index contributed by atoms with van der Waals surface area (Å²) in [5.41, 5.74) is -0.506. The van der Waals surface area contributed by atoms with Crippen molar-refractivity contribution in [3.63, 3.8) is 0 Å². The molecule has 2 heterocycles. The number of aromatic carboxylic acids is 1. The Hall–Kier alpha value is -3.22. The SMILES string of the molecule is CC(C)(F)C(=O)Nc1ccc2oc(-c3ccnc(C(=O)O)c3)cc2c1. The number of carbonyl (C=O) groups is 2. The van der Waals surface area contributed by atoms with Crippen LogP contribution in [0.1, 0.15) is 24.3 Å². The molecule has 128 valence electrons. The van der Waals surface area contributed by atoms with Crippen LogP contribution in [0, 0.1) is 0 Å². The van der Waals surface area contributed by atoms with E-state index in [4.69, 9.17) is 9.52 Å². The van der Waals surface area contributed by atoms with Crippen molar-refractivity contribution in [2.45, 2.75) is 19.5 Å². The monoisotopic (exact) mass is 342 g/mol. The zero-order chi connectivity index (χ0) is 18.2. The highest BCUT2D eigenvalue weighted by molar-refractivity contribution is 5.98. The van der Waals surface area contributed by atoms with Gasteiger partial charge < -0.3 is 14.8 Å². The Balaban J connectivity index is 1.94. The van der Waals surface area contributed by atoms with Gasteiger partial charge in [0.1, 0.15) is 17.0 Å². The second kappa shape index (κ2) is 6.01. The minimum absolute atomic E-state index is 0.0870. The van der Waals surface area contributed by atoms with Crippen molar-refractivity contribution in [1.29, 1.82) is 0 Å². The number of furan rings is 1. The number of carboxylic acid groups (broad SMARTS) is 1. The standard InChI is InChI=1S/C18H15FN2O4/c1-18(2,19)17(24)21-12-3-4-14-11(7-12)9-15(25-14)10-5-6-20-13(8-10)16(22)23/h3-9H,1-2H3,(H,21,24)(H,22,23). The van der Waals surface area contributed by atoms with Crippen molar-refractivity contribution in [2.24, 2.45) is 0 Å². The predicted molar refractivity (Wildman–Crippen MR) is 90.2 cm³/mol. The highest BCUT2D eigenvalue weighted by Crippen LogP contribution is 2.30. The maximum Gasteiger partial charge on any atom is 0.354 e. The normalized spacial score (nSPS) is 11.5. The van der Waals surface area contributed by atoms with E-state index < -0.39 is 17.5 Å². The van der Waals surface area contributed by atoms with Gasteiger partial charge >= 0.3 is 5.97 Å². The molecule has 1 aromatic carbocycles. The number of hydrogen-bond donors (Lipinski definition) is 2. The van der Waals surface area contributed by atoms with Crippen LogP contribution in [0.15, 0.2) is 47.0 Å². The molecule has 0 spiro atoms. The minimum atomic E-state index is -1.99. The van der Waals surface area contributed by atoms with Crippen molar-refractivity contribution in [3.05, 3.63) is 48.3 Å². The van der Waals surface area contributed by atoms with Gasteiger partial charge in [-0.05, 0) is 50.2 Å². The number of pyridine rings is 1. The van der Waals surface area contributed by atoms with Crippen LogP contribution in [0.2, 0.25) is 0 Å². The van der Waals surface area contributed by atoms with E-state index in [1.54, 1.807) is 30.3 Å². The first-order chi connectivity index (χ1) is 11.7. The number of anilines is 1. The zero-order valence-electron chi connectivity index (χ0n) is 13.5. The van der Waals surface area contributed by atoms with Gasteiger partial charge in [-0.3, -0.25) is 4.79 Å². The van der Waals surface area contributed by atoms with Gasteiger partial charge in [-0.25, -0.2) is 14.2 Å². The molecular formula is C18H15FN2O4. The van der Waals surface area contributed by atoms with E-state index in [2.05, 4.69) is 10.3 Å². The molecule has 25 heavy (non-hydrogen) atoms. The minimum Gasteiger partial charge on any atom is -0.477 e. The molecule has 3 aromatic rings. The molecule has 1 amide bonds. The first-order valence-electron chi connectivity index (χ1n) is 7.48. The fourth-order valence-electron chi connectivity index (χ4n) is 2.24. The first-order valence-corrected chi connectivity index (χ1v) is 7.48. The second-order valence-electron chi connectivity index (χ2n) is 6.02. The maximum atomic E-state index is 13.6. The maximum absolute atomic E-state index is 13.6. The number of alkyl halides is 1. The summed E-state index contributed by atoms with van der Waals surface area (Å²) in [5, 5.41) is 12.2. The topological polar surface area (TPSA) is 92.4 Å². The van der Waals surface area contributed by atoms with Crippen LogP contribution >= 0.6 is 0 Å². The summed E-state index contributed by atoms with van der Waals surface area (Å²) >= 11 is 0. The molecule has 0 saturated heterocycles. The Labute approximate surface area is 142 Å². The van der Waals surface area contributed by atoms with Crippen LogP contribution in [-0.4, -0.2) is 27.6 Å². The number of nitrogens with one attached hydrogen (secondary N) is 1. The number of rotatable bonds is 4. The van der Waals surface area contributed by atoms with Gasteiger partial charge in [0, 0.05) is 22.8 Å². The van der Waals surface area contributed by atoms with Gasteiger partial charge in [0.15, 0.2) is 5.67 Å². The molecule has 3 rings (SSSR count). The summed E-state index contributed by atoms with van der Waals surface area (Å²) < 4.78 is 19.3. The number of amides is 1. The smallest absolute Gasteiger partial charge is 0.354 e. The van der Waals surface area contributed by atoms with Gasteiger partial charge in [-0.2, -0.15) is 0 Å². The van der Waals surface area contributed by atoms with Crippen LogP contribution in [0.3, 0.4) is 0 Å². The number of benzene rings is 1. The molecule has 0 saturated carbocycles. The number of hydrogen-bond acceptors (Lipinski definition) is 4. The zero-order valence-corrected chi connectivity index (χ0v) is 13.5. The number of nitrogens with zero attached hydrogens (tertiary/aromatic N) is 1. The van der Waals surface area contributed by atoms with E-state index in [-0.39, 0.29) is 5.69 Å². The summed E-state index contributed by atoms with van der Waals surface area (Å²) in [6, 6.07) is 9.68. The van der Waals surface area contributed by atoms with Gasteiger partial charge in [0.2, 0.25) is 0 Å². The number of carbonyl (C=O) groups excluding carboxylic acids is 1. The summed E-state index contributed by atoms with van der Waals surface area (Å²) in [7, 11) is 0. The lowest BCUT2D eigenvalue weighted by molar-refractivity contribution is -0.125. The largest absolute Gasteiger partial charge is 0.477 e. The van der Waals surface area contributed by atoms with Gasteiger partial charge in [0.25, 0.3) is 5.91 Å². The molecule has 0 unspecified atom stereocenters. The van der Waals surface area contributed by atoms with Crippen molar-refractivity contribution in [2.75, 3.05) is 5.32 Å². The van der Waals surface area contributed by atoms with Crippen molar-refractivity contribution in [3.8, 4) is 11.3 Å². The summed E-state index contributed by atoms with van der Waals surface area (Å²) in [4.78, 5) is 26.5. The van der Waals surface area contributed by atoms with Crippen LogP contribution in [0.4, 0.5) is 10.1 Å². The molecule has 2 N–H and O–H groups in total. The summed E-state index contributed by atoms with van der Waals surface area (Å²) in [5.74, 6) is -1.40. The van der Waals surface area contributed by atoms with Crippen LogP contribution in [0.25, 0.3) is 22.3 Å². The Kier molecular flexibility index (Phi) is 4.00. The molecule has 0 atom stereocenters. The van der Waals surface area contributed by atoms with Gasteiger partial charge in [-0.15, -0.1) is 0 Å². The van der Waals surface area contributed by atoms with E-state index in [1.165, 1.54) is 26.1 Å². The molecule has 0 aliphatic heterocycles. The van der Waals surface area contributed by atoms with Crippen molar-refractivity contribution >= 4 is 28.5 Å². The van der Waals surface area contributed by atoms with E-state index in [0.717, 1.165) is 0 Å². The van der Waals surface area contributed by atoms with Gasteiger partial charge in [0.05, 0.1) is 0 Å². The molecule has 7 heteroatoms. The Morgan fingerprint density at radius 1 is 1.20 bits per heavy atom. The Bertz CT molecular complexity index is 973.